The Labute approximate surface area is 164 Å². The molecule has 1 aliphatic carbocycles. The van der Waals surface area contributed by atoms with Crippen molar-refractivity contribution in [2.75, 3.05) is 5.32 Å². The molecule has 3 aromatic carbocycles. The van der Waals surface area contributed by atoms with E-state index in [2.05, 4.69) is 27.3 Å². The first kappa shape index (κ1) is 16.7. The van der Waals surface area contributed by atoms with Crippen LogP contribution in [-0.2, 0) is 23.2 Å². The molecule has 1 heterocycles. The van der Waals surface area contributed by atoms with Gasteiger partial charge in [-0.3, -0.25) is 9.59 Å². The van der Waals surface area contributed by atoms with Crippen LogP contribution in [0.4, 0.5) is 5.69 Å². The molecule has 0 saturated heterocycles. The summed E-state index contributed by atoms with van der Waals surface area (Å²) in [5.74, 6) is -0.800. The van der Waals surface area contributed by atoms with Crippen molar-refractivity contribution in [3.05, 3.63) is 75.3 Å². The number of Topliss-reactive ketones (excluding diaryl/α,β-unsaturated/α-hetero) is 1. The normalized spacial score (nSPS) is 20.0. The van der Waals surface area contributed by atoms with Crippen LogP contribution in [0.5, 0.6) is 0 Å². The second kappa shape index (κ2) is 5.75. The Kier molecular flexibility index (Phi) is 3.55. The average molecular weight is 422 g/mol. The fourth-order valence-electron chi connectivity index (χ4n) is 4.31. The summed E-state index contributed by atoms with van der Waals surface area (Å²) in [7, 11) is 0. The number of amides is 1. The zero-order valence-electron chi connectivity index (χ0n) is 14.4. The first-order chi connectivity index (χ1) is 13.0. The summed E-state index contributed by atoms with van der Waals surface area (Å²) in [6.45, 7) is 0. The lowest BCUT2D eigenvalue weighted by molar-refractivity contribution is -0.133. The SMILES string of the molecule is O=C(C[C@]1(O)C(=O)Nc2ccc(Br)cc21)c1ccc2c3c(cccc13)CC2. The highest BCUT2D eigenvalue weighted by Gasteiger charge is 2.47. The van der Waals surface area contributed by atoms with Gasteiger partial charge in [-0.15, -0.1) is 0 Å². The number of nitrogens with one attached hydrogen (secondary N) is 1. The van der Waals surface area contributed by atoms with Crippen molar-refractivity contribution in [1.29, 1.82) is 0 Å². The number of rotatable bonds is 3. The van der Waals surface area contributed by atoms with Crippen molar-refractivity contribution < 1.29 is 14.7 Å². The second-order valence-corrected chi connectivity index (χ2v) is 8.13. The number of fused-ring (bicyclic) bond motifs is 1. The maximum Gasteiger partial charge on any atom is 0.261 e. The van der Waals surface area contributed by atoms with Gasteiger partial charge < -0.3 is 10.4 Å². The zero-order chi connectivity index (χ0) is 18.8. The molecule has 0 unspecified atom stereocenters. The number of anilines is 1. The third-order valence-corrected chi connectivity index (χ3v) is 6.14. The summed E-state index contributed by atoms with van der Waals surface area (Å²) in [6.07, 6.45) is 1.68. The van der Waals surface area contributed by atoms with Crippen molar-refractivity contribution in [1.82, 2.24) is 0 Å². The molecule has 2 N–H and O–H groups in total. The van der Waals surface area contributed by atoms with Crippen molar-refractivity contribution in [2.45, 2.75) is 24.9 Å². The van der Waals surface area contributed by atoms with Crippen LogP contribution in [0.25, 0.3) is 10.8 Å². The van der Waals surface area contributed by atoms with E-state index in [0.717, 1.165) is 28.1 Å². The quantitative estimate of drug-likeness (QED) is 0.625. The van der Waals surface area contributed by atoms with Crippen LogP contribution < -0.4 is 5.32 Å². The summed E-state index contributed by atoms with van der Waals surface area (Å²) >= 11 is 3.37. The average Bonchev–Trinajstić information content (AvgIpc) is 3.17. The summed E-state index contributed by atoms with van der Waals surface area (Å²) in [5, 5.41) is 15.8. The molecule has 1 atom stereocenters. The Morgan fingerprint density at radius 1 is 1.11 bits per heavy atom. The molecule has 0 bridgehead atoms. The predicted octanol–water partition coefficient (Wildman–Crippen LogP) is 4.11. The number of aliphatic hydroxyl groups is 1. The lowest BCUT2D eigenvalue weighted by Gasteiger charge is -2.20. The molecule has 5 rings (SSSR count). The number of carbonyl (C=O) groups excluding carboxylic acids is 2. The summed E-state index contributed by atoms with van der Waals surface area (Å²) in [6, 6.07) is 15.0. The van der Waals surface area contributed by atoms with Gasteiger partial charge in [-0.1, -0.05) is 46.3 Å². The highest BCUT2D eigenvalue weighted by Crippen LogP contribution is 2.41. The highest BCUT2D eigenvalue weighted by molar-refractivity contribution is 9.10. The van der Waals surface area contributed by atoms with E-state index in [9.17, 15) is 14.7 Å². The van der Waals surface area contributed by atoms with E-state index >= 15 is 0 Å². The third kappa shape index (κ3) is 2.38. The fourth-order valence-corrected chi connectivity index (χ4v) is 4.67. The van der Waals surface area contributed by atoms with Gasteiger partial charge in [0.25, 0.3) is 5.91 Å². The predicted molar refractivity (Wildman–Crippen MR) is 107 cm³/mol. The Morgan fingerprint density at radius 2 is 1.89 bits per heavy atom. The van der Waals surface area contributed by atoms with E-state index in [1.165, 1.54) is 11.1 Å². The lowest BCUT2D eigenvalue weighted by atomic mass is 9.86. The van der Waals surface area contributed by atoms with Crippen molar-refractivity contribution in [2.24, 2.45) is 0 Å². The molecule has 2 aliphatic rings. The number of halogens is 1. The van der Waals surface area contributed by atoms with Crippen LogP contribution in [-0.4, -0.2) is 16.8 Å². The van der Waals surface area contributed by atoms with E-state index in [0.29, 0.717) is 16.8 Å². The maximum atomic E-state index is 13.2. The Morgan fingerprint density at radius 3 is 2.70 bits per heavy atom. The van der Waals surface area contributed by atoms with Gasteiger partial charge in [-0.2, -0.15) is 0 Å². The van der Waals surface area contributed by atoms with E-state index in [1.54, 1.807) is 18.2 Å². The van der Waals surface area contributed by atoms with Crippen LogP contribution in [0.1, 0.15) is 33.5 Å². The maximum absolute atomic E-state index is 13.2. The second-order valence-electron chi connectivity index (χ2n) is 7.22. The lowest BCUT2D eigenvalue weighted by Crippen LogP contribution is -2.36. The van der Waals surface area contributed by atoms with Gasteiger partial charge in [0, 0.05) is 21.3 Å². The third-order valence-electron chi connectivity index (χ3n) is 5.64. The van der Waals surface area contributed by atoms with E-state index in [4.69, 9.17) is 0 Å². The van der Waals surface area contributed by atoms with Crippen LogP contribution >= 0.6 is 15.9 Å². The topological polar surface area (TPSA) is 66.4 Å². The highest BCUT2D eigenvalue weighted by atomic mass is 79.9. The summed E-state index contributed by atoms with van der Waals surface area (Å²) in [5.41, 5.74) is 2.17. The van der Waals surface area contributed by atoms with Gasteiger partial charge in [0.1, 0.15) is 0 Å². The minimum Gasteiger partial charge on any atom is -0.375 e. The van der Waals surface area contributed by atoms with Crippen molar-refractivity contribution in [3.8, 4) is 0 Å². The van der Waals surface area contributed by atoms with Gasteiger partial charge in [-0.05, 0) is 52.9 Å². The van der Waals surface area contributed by atoms with Crippen molar-refractivity contribution >= 4 is 44.1 Å². The molecule has 1 aliphatic heterocycles. The monoisotopic (exact) mass is 421 g/mol. The van der Waals surface area contributed by atoms with Crippen LogP contribution in [0.15, 0.2) is 53.0 Å². The molecule has 1 amide bonds. The largest absolute Gasteiger partial charge is 0.375 e. The number of aryl methyl sites for hydroxylation is 2. The van der Waals surface area contributed by atoms with Gasteiger partial charge in [0.15, 0.2) is 11.4 Å². The molecular weight excluding hydrogens is 406 g/mol. The number of hydrogen-bond acceptors (Lipinski definition) is 3. The molecule has 3 aromatic rings. The number of hydrogen-bond donors (Lipinski definition) is 2. The first-order valence-electron chi connectivity index (χ1n) is 8.88. The smallest absolute Gasteiger partial charge is 0.261 e. The van der Waals surface area contributed by atoms with Gasteiger partial charge in [0.2, 0.25) is 0 Å². The Bertz CT molecular complexity index is 1140. The Balaban J connectivity index is 1.59. The fraction of sp³-hybridized carbons (Fsp3) is 0.182. The molecule has 0 spiro atoms. The van der Waals surface area contributed by atoms with Gasteiger partial charge in [0.05, 0.1) is 6.42 Å². The molecular formula is C22H16BrNO3. The molecule has 4 nitrogen and oxygen atoms in total. The number of carbonyl (C=O) groups is 2. The van der Waals surface area contributed by atoms with Crippen LogP contribution in [0.2, 0.25) is 0 Å². The number of benzene rings is 3. The van der Waals surface area contributed by atoms with E-state index < -0.39 is 11.5 Å². The van der Waals surface area contributed by atoms with E-state index in [-0.39, 0.29) is 12.2 Å². The van der Waals surface area contributed by atoms with Crippen LogP contribution in [0, 0.1) is 0 Å². The molecule has 0 fully saturated rings. The molecule has 134 valence electrons. The van der Waals surface area contributed by atoms with Gasteiger partial charge in [-0.25, -0.2) is 0 Å². The molecule has 0 aromatic heterocycles. The standard InChI is InChI=1S/C22H16BrNO3/c23-14-7-9-18-17(10-14)22(27,21(26)24-18)11-19(25)15-8-6-13-5-4-12-2-1-3-16(15)20(12)13/h1-3,6-10,27H,4-5,11H2,(H,24,26)/t22-/m1/s1. The molecule has 5 heteroatoms. The molecule has 0 saturated carbocycles. The van der Waals surface area contributed by atoms with Crippen molar-refractivity contribution in [3.63, 3.8) is 0 Å². The Hall–Kier alpha value is -2.50. The van der Waals surface area contributed by atoms with Crippen LogP contribution in [0.3, 0.4) is 0 Å². The minimum atomic E-state index is -1.86. The zero-order valence-corrected chi connectivity index (χ0v) is 16.0. The number of ketones is 1. The summed E-state index contributed by atoms with van der Waals surface area (Å²) in [4.78, 5) is 25.6. The molecule has 0 radical (unpaired) electrons. The first-order valence-corrected chi connectivity index (χ1v) is 9.67. The van der Waals surface area contributed by atoms with E-state index in [1.807, 2.05) is 24.3 Å². The molecule has 27 heavy (non-hydrogen) atoms. The van der Waals surface area contributed by atoms with Gasteiger partial charge >= 0.3 is 0 Å². The summed E-state index contributed by atoms with van der Waals surface area (Å²) < 4.78 is 0.744. The minimum absolute atomic E-state index is 0.240.